The molecule has 0 heterocycles. The summed E-state index contributed by atoms with van der Waals surface area (Å²) < 4.78 is 5.94. The Labute approximate surface area is 150 Å². The van der Waals surface area contributed by atoms with Crippen LogP contribution in [-0.2, 0) is 4.74 Å². The summed E-state index contributed by atoms with van der Waals surface area (Å²) in [6.45, 7) is 4.53. The van der Waals surface area contributed by atoms with Gasteiger partial charge >= 0.3 is 0 Å². The largest absolute Gasteiger partial charge is 0.353 e. The van der Waals surface area contributed by atoms with E-state index in [9.17, 15) is 0 Å². The van der Waals surface area contributed by atoms with E-state index in [1.807, 2.05) is 0 Å². The Morgan fingerprint density at radius 3 is 1.29 bits per heavy atom. The molecule has 0 aliphatic rings. The van der Waals surface area contributed by atoms with E-state index in [2.05, 4.69) is 45.7 Å². The second kappa shape index (κ2) is 17.3. The van der Waals surface area contributed by atoms with Crippen LogP contribution < -0.4 is 0 Å². The summed E-state index contributed by atoms with van der Waals surface area (Å²) in [4.78, 5) is 0. The number of ether oxygens (including phenoxy) is 1. The van der Waals surface area contributed by atoms with E-state index in [1.165, 1.54) is 77.0 Å². The summed E-state index contributed by atoms with van der Waals surface area (Å²) in [5.41, 5.74) is 0. The van der Waals surface area contributed by atoms with Crippen molar-refractivity contribution in [2.75, 3.05) is 0 Å². The quantitative estimate of drug-likeness (QED) is 0.179. The first-order valence-electron chi connectivity index (χ1n) is 9.14. The van der Waals surface area contributed by atoms with E-state index in [4.69, 9.17) is 4.74 Å². The predicted molar refractivity (Wildman–Crippen MR) is 103 cm³/mol. The molecule has 0 N–H and O–H groups in total. The van der Waals surface area contributed by atoms with Crippen molar-refractivity contribution < 1.29 is 4.74 Å². The third-order valence-electron chi connectivity index (χ3n) is 3.86. The van der Waals surface area contributed by atoms with E-state index < -0.39 is 0 Å². The number of rotatable bonds is 16. The molecule has 0 bridgehead atoms. The maximum atomic E-state index is 5.94. The molecule has 0 aliphatic carbocycles. The molecule has 0 radical (unpaired) electrons. The highest BCUT2D eigenvalue weighted by Crippen LogP contribution is 2.21. The molecule has 0 aromatic carbocycles. The highest BCUT2D eigenvalue weighted by atomic mass is 79.9. The topological polar surface area (TPSA) is 9.23 Å². The van der Waals surface area contributed by atoms with Crippen LogP contribution in [0.5, 0.6) is 0 Å². The molecule has 0 aromatic rings. The number of hydrogen-bond acceptors (Lipinski definition) is 1. The van der Waals surface area contributed by atoms with Crippen LogP contribution in [0.1, 0.15) is 104 Å². The summed E-state index contributed by atoms with van der Waals surface area (Å²) in [7, 11) is 0. The average molecular weight is 428 g/mol. The van der Waals surface area contributed by atoms with Crippen LogP contribution in [0.2, 0.25) is 0 Å². The molecule has 2 atom stereocenters. The Bertz CT molecular complexity index is 180. The molecule has 0 spiro atoms. The van der Waals surface area contributed by atoms with E-state index in [0.717, 1.165) is 12.8 Å². The lowest BCUT2D eigenvalue weighted by Crippen LogP contribution is -2.12. The lowest BCUT2D eigenvalue weighted by molar-refractivity contribution is 0.0868. The van der Waals surface area contributed by atoms with E-state index >= 15 is 0 Å². The Balaban J connectivity index is 3.33. The lowest BCUT2D eigenvalue weighted by Gasteiger charge is -2.16. The third kappa shape index (κ3) is 17.1. The monoisotopic (exact) mass is 426 g/mol. The number of hydrogen-bond donors (Lipinski definition) is 0. The van der Waals surface area contributed by atoms with Crippen molar-refractivity contribution in [3.05, 3.63) is 0 Å². The molecule has 0 aliphatic heterocycles. The van der Waals surface area contributed by atoms with Crippen molar-refractivity contribution in [2.24, 2.45) is 0 Å². The summed E-state index contributed by atoms with van der Waals surface area (Å²) in [5.74, 6) is 0. The number of unbranched alkanes of at least 4 members (excludes halogenated alkanes) is 10. The smallest absolute Gasteiger partial charge is 0.114 e. The van der Waals surface area contributed by atoms with E-state index in [-0.39, 0.29) is 10.0 Å². The minimum absolute atomic E-state index is 0.216. The second-order valence-electron chi connectivity index (χ2n) is 6.07. The Morgan fingerprint density at radius 2 is 0.905 bits per heavy atom. The summed E-state index contributed by atoms with van der Waals surface area (Å²) in [6, 6.07) is 0. The summed E-state index contributed by atoms with van der Waals surface area (Å²) in [6.07, 6.45) is 18.5. The summed E-state index contributed by atoms with van der Waals surface area (Å²) >= 11 is 7.30. The van der Waals surface area contributed by atoms with Gasteiger partial charge in [-0.2, -0.15) is 0 Å². The Hall–Kier alpha value is 0.920. The average Bonchev–Trinajstić information content (AvgIpc) is 2.46. The Kier molecular flexibility index (Phi) is 18.0. The fourth-order valence-corrected chi connectivity index (χ4v) is 3.92. The van der Waals surface area contributed by atoms with Crippen LogP contribution >= 0.6 is 31.9 Å². The standard InChI is InChI=1S/C18H36Br2O/c1-3-5-7-9-11-13-15-17(19)21-18(20)16-14-12-10-8-6-4-2/h17-18H,3-16H2,1-2H3. The molecule has 0 saturated carbocycles. The van der Waals surface area contributed by atoms with Crippen LogP contribution in [0.25, 0.3) is 0 Å². The predicted octanol–water partition coefficient (Wildman–Crippen LogP) is 7.95. The molecule has 21 heavy (non-hydrogen) atoms. The van der Waals surface area contributed by atoms with Crippen molar-refractivity contribution >= 4 is 31.9 Å². The van der Waals surface area contributed by atoms with Crippen molar-refractivity contribution in [3.63, 3.8) is 0 Å². The normalized spacial score (nSPS) is 14.3. The fraction of sp³-hybridized carbons (Fsp3) is 1.00. The fourth-order valence-electron chi connectivity index (χ4n) is 2.47. The van der Waals surface area contributed by atoms with Gasteiger partial charge in [-0.15, -0.1) is 0 Å². The third-order valence-corrected chi connectivity index (χ3v) is 5.21. The first kappa shape index (κ1) is 21.9. The maximum Gasteiger partial charge on any atom is 0.114 e. The van der Waals surface area contributed by atoms with Gasteiger partial charge in [-0.05, 0) is 25.7 Å². The minimum atomic E-state index is 0.216. The maximum absolute atomic E-state index is 5.94. The molecule has 3 heteroatoms. The molecule has 2 unspecified atom stereocenters. The van der Waals surface area contributed by atoms with Crippen molar-refractivity contribution in [3.8, 4) is 0 Å². The van der Waals surface area contributed by atoms with E-state index in [0.29, 0.717) is 0 Å². The van der Waals surface area contributed by atoms with Crippen LogP contribution in [-0.4, -0.2) is 10.0 Å². The van der Waals surface area contributed by atoms with Crippen LogP contribution in [0, 0.1) is 0 Å². The first-order chi connectivity index (χ1) is 10.2. The van der Waals surface area contributed by atoms with Crippen LogP contribution in [0.4, 0.5) is 0 Å². The number of halogens is 2. The summed E-state index contributed by atoms with van der Waals surface area (Å²) in [5, 5.41) is 0.432. The second-order valence-corrected chi connectivity index (χ2v) is 8.11. The molecule has 128 valence electrons. The zero-order valence-corrected chi connectivity index (χ0v) is 17.4. The molecule has 1 nitrogen and oxygen atoms in total. The molecule has 0 fully saturated rings. The van der Waals surface area contributed by atoms with Crippen molar-refractivity contribution in [2.45, 2.75) is 114 Å². The minimum Gasteiger partial charge on any atom is -0.353 e. The van der Waals surface area contributed by atoms with Crippen LogP contribution in [0.3, 0.4) is 0 Å². The molecule has 0 aromatic heterocycles. The van der Waals surface area contributed by atoms with E-state index in [1.54, 1.807) is 0 Å². The zero-order valence-electron chi connectivity index (χ0n) is 14.2. The molecule has 0 amide bonds. The van der Waals surface area contributed by atoms with Gasteiger partial charge in [-0.1, -0.05) is 110 Å². The van der Waals surface area contributed by atoms with Crippen molar-refractivity contribution in [1.29, 1.82) is 0 Å². The van der Waals surface area contributed by atoms with Gasteiger partial charge in [0.15, 0.2) is 0 Å². The van der Waals surface area contributed by atoms with Gasteiger partial charge in [-0.3, -0.25) is 0 Å². The van der Waals surface area contributed by atoms with Gasteiger partial charge in [0, 0.05) is 0 Å². The van der Waals surface area contributed by atoms with Gasteiger partial charge in [-0.25, -0.2) is 0 Å². The molecular weight excluding hydrogens is 392 g/mol. The van der Waals surface area contributed by atoms with Gasteiger partial charge in [0.25, 0.3) is 0 Å². The molecule has 0 saturated heterocycles. The SMILES string of the molecule is CCCCCCCCC(Br)OC(Br)CCCCCCCC. The van der Waals surface area contributed by atoms with Gasteiger partial charge in [0.1, 0.15) is 10.0 Å². The van der Waals surface area contributed by atoms with Crippen LogP contribution in [0.15, 0.2) is 0 Å². The zero-order chi connectivity index (χ0) is 15.8. The molecular formula is C18H36Br2O. The highest BCUT2D eigenvalue weighted by Gasteiger charge is 2.10. The first-order valence-corrected chi connectivity index (χ1v) is 11.0. The molecule has 0 rings (SSSR count). The van der Waals surface area contributed by atoms with Gasteiger partial charge in [0.05, 0.1) is 0 Å². The highest BCUT2D eigenvalue weighted by molar-refractivity contribution is 9.10. The lowest BCUT2D eigenvalue weighted by atomic mass is 10.1. The number of alkyl halides is 2. The van der Waals surface area contributed by atoms with Crippen molar-refractivity contribution in [1.82, 2.24) is 0 Å². The Morgan fingerprint density at radius 1 is 0.571 bits per heavy atom. The van der Waals surface area contributed by atoms with Gasteiger partial charge < -0.3 is 4.74 Å². The van der Waals surface area contributed by atoms with Gasteiger partial charge in [0.2, 0.25) is 0 Å².